The normalized spacial score (nSPS) is 14.9. The van der Waals surface area contributed by atoms with Gasteiger partial charge in [0.2, 0.25) is 0 Å². The topological polar surface area (TPSA) is 145 Å². The predicted molar refractivity (Wildman–Crippen MR) is 134 cm³/mol. The molecule has 1 aliphatic carbocycles. The Labute approximate surface area is 207 Å². The van der Waals surface area contributed by atoms with E-state index < -0.39 is 17.9 Å². The van der Waals surface area contributed by atoms with Crippen LogP contribution in [0.25, 0.3) is 0 Å². The van der Waals surface area contributed by atoms with Gasteiger partial charge in [0.05, 0.1) is 5.69 Å². The number of benzene rings is 1. The Balaban J connectivity index is 1.81. The van der Waals surface area contributed by atoms with Crippen LogP contribution in [0.5, 0.6) is 0 Å². The van der Waals surface area contributed by atoms with Crippen LogP contribution < -0.4 is 21.7 Å². The van der Waals surface area contributed by atoms with Crippen LogP contribution in [0.1, 0.15) is 75.4 Å². The predicted octanol–water partition coefficient (Wildman–Crippen LogP) is 3.87. The fourth-order valence-electron chi connectivity index (χ4n) is 4.33. The van der Waals surface area contributed by atoms with Crippen LogP contribution in [0.2, 0.25) is 0 Å². The van der Waals surface area contributed by atoms with Crippen molar-refractivity contribution in [1.82, 2.24) is 9.69 Å². The average molecular weight is 496 g/mol. The van der Waals surface area contributed by atoms with E-state index in [1.54, 1.807) is 31.2 Å². The highest BCUT2D eigenvalue weighted by atomic mass is 32.1. The molecule has 1 aromatic carbocycles. The lowest BCUT2D eigenvalue weighted by molar-refractivity contribution is -0.123. The number of hydrogen-bond donors (Lipinski definition) is 3. The first-order valence-electron chi connectivity index (χ1n) is 11.6. The minimum atomic E-state index is -1.10. The molecule has 4 rings (SSSR count). The number of nitrogen functional groups attached to an aromatic ring is 1. The maximum Gasteiger partial charge on any atom is 0.273 e. The number of rotatable bonds is 7. The van der Waals surface area contributed by atoms with Crippen LogP contribution in [0.15, 0.2) is 40.8 Å². The van der Waals surface area contributed by atoms with Crippen LogP contribution in [0.4, 0.5) is 11.4 Å². The molecule has 0 saturated heterocycles. The summed E-state index contributed by atoms with van der Waals surface area (Å²) in [4.78, 5) is 40.8. The molecule has 0 bridgehead atoms. The number of aryl methyl sites for hydroxylation is 2. The van der Waals surface area contributed by atoms with E-state index in [-0.39, 0.29) is 28.2 Å². The number of primary amides is 1. The van der Waals surface area contributed by atoms with E-state index in [0.29, 0.717) is 17.2 Å². The quantitative estimate of drug-likeness (QED) is 0.454. The molecule has 1 aliphatic rings. The number of carbonyl (C=O) groups excluding carboxylic acids is 3. The lowest BCUT2D eigenvalue weighted by atomic mass is 9.95. The van der Waals surface area contributed by atoms with Crippen molar-refractivity contribution in [3.63, 3.8) is 0 Å². The monoisotopic (exact) mass is 495 g/mol. The molecule has 1 unspecified atom stereocenters. The first kappa shape index (κ1) is 24.5. The van der Waals surface area contributed by atoms with Crippen LogP contribution in [-0.4, -0.2) is 28.1 Å². The SMILES string of the molecule is Cc1ccc(N(C(=O)c2snc(C(N)=O)c2N)C(C(=O)NC2CCCCC2)c2ccc(C)o2)cc1. The van der Waals surface area contributed by atoms with E-state index in [4.69, 9.17) is 15.9 Å². The lowest BCUT2D eigenvalue weighted by Gasteiger charge is -2.32. The molecule has 2 heterocycles. The Morgan fingerprint density at radius 3 is 2.34 bits per heavy atom. The van der Waals surface area contributed by atoms with Crippen molar-refractivity contribution >= 4 is 40.6 Å². The molecule has 0 radical (unpaired) electrons. The molecule has 1 saturated carbocycles. The Morgan fingerprint density at radius 1 is 1.09 bits per heavy atom. The molecule has 1 fully saturated rings. The molecular formula is C25H29N5O4S. The molecule has 9 nitrogen and oxygen atoms in total. The first-order chi connectivity index (χ1) is 16.8. The van der Waals surface area contributed by atoms with Crippen LogP contribution in [-0.2, 0) is 4.79 Å². The second-order valence-electron chi connectivity index (χ2n) is 8.84. The second kappa shape index (κ2) is 10.3. The molecule has 3 amide bonds. The van der Waals surface area contributed by atoms with Gasteiger partial charge in [-0.25, -0.2) is 0 Å². The Bertz CT molecular complexity index is 1230. The van der Waals surface area contributed by atoms with Gasteiger partial charge < -0.3 is 21.2 Å². The third kappa shape index (κ3) is 5.22. The second-order valence-corrected chi connectivity index (χ2v) is 9.62. The van der Waals surface area contributed by atoms with Gasteiger partial charge in [-0.3, -0.25) is 19.3 Å². The van der Waals surface area contributed by atoms with Gasteiger partial charge in [-0.2, -0.15) is 4.37 Å². The number of nitrogens with two attached hydrogens (primary N) is 2. The molecule has 0 aliphatic heterocycles. The molecule has 5 N–H and O–H groups in total. The number of nitrogens with one attached hydrogen (secondary N) is 1. The van der Waals surface area contributed by atoms with Gasteiger partial charge >= 0.3 is 0 Å². The summed E-state index contributed by atoms with van der Waals surface area (Å²) in [5, 5.41) is 3.12. The third-order valence-electron chi connectivity index (χ3n) is 6.18. The van der Waals surface area contributed by atoms with E-state index >= 15 is 0 Å². The Kier molecular flexibility index (Phi) is 7.20. The Morgan fingerprint density at radius 2 is 1.77 bits per heavy atom. The first-order valence-corrected chi connectivity index (χ1v) is 12.4. The fourth-order valence-corrected chi connectivity index (χ4v) is 5.07. The molecule has 2 aromatic heterocycles. The van der Waals surface area contributed by atoms with Gasteiger partial charge in [0.25, 0.3) is 17.7 Å². The van der Waals surface area contributed by atoms with Crippen LogP contribution in [0.3, 0.4) is 0 Å². The summed E-state index contributed by atoms with van der Waals surface area (Å²) in [7, 11) is 0. The summed E-state index contributed by atoms with van der Waals surface area (Å²) in [5.74, 6) is -0.816. The average Bonchev–Trinajstić information content (AvgIpc) is 3.43. The molecule has 184 valence electrons. The maximum absolute atomic E-state index is 13.9. The number of nitrogens with zero attached hydrogens (tertiary/aromatic N) is 2. The number of aromatic nitrogens is 1. The summed E-state index contributed by atoms with van der Waals surface area (Å²) < 4.78 is 9.84. The summed E-state index contributed by atoms with van der Waals surface area (Å²) in [6, 6.07) is 9.60. The number of hydrogen-bond acceptors (Lipinski definition) is 7. The van der Waals surface area contributed by atoms with E-state index in [9.17, 15) is 14.4 Å². The molecule has 0 spiro atoms. The summed E-state index contributed by atoms with van der Waals surface area (Å²) in [6.45, 7) is 3.71. The van der Waals surface area contributed by atoms with Crippen molar-refractivity contribution in [3.05, 3.63) is 64.1 Å². The largest absolute Gasteiger partial charge is 0.464 e. The molecule has 10 heteroatoms. The van der Waals surface area contributed by atoms with Crippen LogP contribution >= 0.6 is 11.5 Å². The van der Waals surface area contributed by atoms with Gasteiger partial charge in [0.15, 0.2) is 11.7 Å². The highest BCUT2D eigenvalue weighted by Gasteiger charge is 2.38. The van der Waals surface area contributed by atoms with Gasteiger partial charge in [-0.1, -0.05) is 37.0 Å². The molecule has 3 aromatic rings. The number of anilines is 2. The van der Waals surface area contributed by atoms with Crippen molar-refractivity contribution < 1.29 is 18.8 Å². The van der Waals surface area contributed by atoms with Crippen molar-refractivity contribution in [2.24, 2.45) is 5.73 Å². The summed E-state index contributed by atoms with van der Waals surface area (Å²) in [6.07, 6.45) is 5.01. The molecular weight excluding hydrogens is 466 g/mol. The van der Waals surface area contributed by atoms with Crippen molar-refractivity contribution in [1.29, 1.82) is 0 Å². The molecule has 1 atom stereocenters. The summed E-state index contributed by atoms with van der Waals surface area (Å²) in [5.41, 5.74) is 12.6. The zero-order valence-corrected chi connectivity index (χ0v) is 20.6. The highest BCUT2D eigenvalue weighted by Crippen LogP contribution is 2.34. The zero-order valence-electron chi connectivity index (χ0n) is 19.7. The smallest absolute Gasteiger partial charge is 0.273 e. The van der Waals surface area contributed by atoms with Gasteiger partial charge in [0.1, 0.15) is 16.4 Å². The van der Waals surface area contributed by atoms with Crippen molar-refractivity contribution in [3.8, 4) is 0 Å². The fraction of sp³-hybridized carbons (Fsp3) is 0.360. The Hall–Kier alpha value is -3.66. The minimum Gasteiger partial charge on any atom is -0.464 e. The lowest BCUT2D eigenvalue weighted by Crippen LogP contribution is -2.47. The van der Waals surface area contributed by atoms with E-state index in [2.05, 4.69) is 9.69 Å². The van der Waals surface area contributed by atoms with E-state index in [1.807, 2.05) is 19.1 Å². The van der Waals surface area contributed by atoms with Gasteiger partial charge in [-0.05, 0) is 62.5 Å². The zero-order chi connectivity index (χ0) is 25.1. The standard InChI is InChI=1S/C25H29N5O4S/c1-14-8-11-17(12-9-14)30(25(33)22-19(26)20(23(27)31)29-35-22)21(18-13-10-15(2)34-18)24(32)28-16-6-4-3-5-7-16/h8-13,16,21H,3-7,26H2,1-2H3,(H2,27,31)(H,28,32). The van der Waals surface area contributed by atoms with E-state index in [0.717, 1.165) is 49.2 Å². The van der Waals surface area contributed by atoms with Gasteiger partial charge in [0, 0.05) is 11.7 Å². The van der Waals surface area contributed by atoms with Gasteiger partial charge in [-0.15, -0.1) is 0 Å². The summed E-state index contributed by atoms with van der Waals surface area (Å²) >= 11 is 0.775. The third-order valence-corrected chi connectivity index (χ3v) is 7.03. The highest BCUT2D eigenvalue weighted by molar-refractivity contribution is 7.09. The number of furan rings is 1. The van der Waals surface area contributed by atoms with Crippen molar-refractivity contribution in [2.75, 3.05) is 10.6 Å². The molecule has 35 heavy (non-hydrogen) atoms. The number of carbonyl (C=O) groups is 3. The number of amides is 3. The minimum absolute atomic E-state index is 0.0260. The van der Waals surface area contributed by atoms with Crippen LogP contribution in [0, 0.1) is 13.8 Å². The van der Waals surface area contributed by atoms with Crippen molar-refractivity contribution in [2.45, 2.75) is 58.0 Å². The maximum atomic E-state index is 13.9. The van der Waals surface area contributed by atoms with E-state index in [1.165, 1.54) is 4.90 Å².